The van der Waals surface area contributed by atoms with Gasteiger partial charge in [0.15, 0.2) is 0 Å². The van der Waals surface area contributed by atoms with Crippen molar-refractivity contribution in [1.82, 2.24) is 0 Å². The first-order valence-corrected chi connectivity index (χ1v) is 14.0. The molecule has 0 bridgehead atoms. The summed E-state index contributed by atoms with van der Waals surface area (Å²) in [6.45, 7) is 4.33. The lowest BCUT2D eigenvalue weighted by Crippen LogP contribution is -2.18. The number of carboxylic acids is 1. The molecule has 0 aliphatic carbocycles. The van der Waals surface area contributed by atoms with Crippen LogP contribution in [0.4, 0.5) is 0 Å². The summed E-state index contributed by atoms with van der Waals surface area (Å²) in [6.07, 6.45) is 31.7. The number of allylic oxidation sites excluding steroid dienone is 6. The van der Waals surface area contributed by atoms with Crippen LogP contribution in [0, 0.1) is 0 Å². The molecule has 4 nitrogen and oxygen atoms in total. The molecule has 0 fully saturated rings. The van der Waals surface area contributed by atoms with Crippen LogP contribution in [-0.2, 0) is 14.3 Å². The third kappa shape index (κ3) is 24.8. The van der Waals surface area contributed by atoms with Crippen molar-refractivity contribution in [2.75, 3.05) is 0 Å². The smallest absolute Gasteiger partial charge is 0.306 e. The van der Waals surface area contributed by atoms with E-state index in [1.54, 1.807) is 0 Å². The van der Waals surface area contributed by atoms with Gasteiger partial charge in [-0.25, -0.2) is 0 Å². The van der Waals surface area contributed by atoms with Gasteiger partial charge < -0.3 is 9.84 Å². The van der Waals surface area contributed by atoms with E-state index in [1.807, 2.05) is 0 Å². The average Bonchev–Trinajstić information content (AvgIpc) is 2.81. The zero-order valence-electron chi connectivity index (χ0n) is 22.1. The number of carbonyl (C=O) groups is 2. The number of carboxylic acid groups (broad SMARTS) is 1. The van der Waals surface area contributed by atoms with Crippen molar-refractivity contribution in [1.29, 1.82) is 0 Å². The maximum absolute atomic E-state index is 12.3. The fraction of sp³-hybridized carbons (Fsp3) is 0.733. The van der Waals surface area contributed by atoms with Gasteiger partial charge in [0.1, 0.15) is 6.10 Å². The molecule has 0 amide bonds. The third-order valence-electron chi connectivity index (χ3n) is 5.88. The molecule has 1 unspecified atom stereocenters. The first-order chi connectivity index (χ1) is 16.6. The van der Waals surface area contributed by atoms with Gasteiger partial charge in [0, 0.05) is 12.8 Å². The van der Waals surface area contributed by atoms with E-state index in [0.29, 0.717) is 12.8 Å². The van der Waals surface area contributed by atoms with Crippen molar-refractivity contribution < 1.29 is 19.4 Å². The first-order valence-electron chi connectivity index (χ1n) is 14.0. The van der Waals surface area contributed by atoms with Crippen LogP contribution in [0.5, 0.6) is 0 Å². The minimum atomic E-state index is -0.735. The van der Waals surface area contributed by atoms with E-state index in [-0.39, 0.29) is 18.5 Å². The quantitative estimate of drug-likeness (QED) is 0.0857. The largest absolute Gasteiger partial charge is 0.481 e. The van der Waals surface area contributed by atoms with Crippen molar-refractivity contribution in [2.24, 2.45) is 0 Å². The van der Waals surface area contributed by atoms with Crippen molar-refractivity contribution in [2.45, 2.75) is 142 Å². The van der Waals surface area contributed by atoms with Gasteiger partial charge in [-0.2, -0.15) is 0 Å². The number of rotatable bonds is 24. The topological polar surface area (TPSA) is 63.6 Å². The van der Waals surface area contributed by atoms with Gasteiger partial charge in [0.05, 0.1) is 0 Å². The van der Waals surface area contributed by atoms with Crippen molar-refractivity contribution in [3.8, 4) is 0 Å². The maximum Gasteiger partial charge on any atom is 0.306 e. The second kappa shape index (κ2) is 25.8. The fourth-order valence-corrected chi connectivity index (χ4v) is 3.84. The summed E-state index contributed by atoms with van der Waals surface area (Å²) in [5, 5.41) is 8.74. The molecule has 0 radical (unpaired) electrons. The Labute approximate surface area is 209 Å². The van der Waals surface area contributed by atoms with Crippen molar-refractivity contribution >= 4 is 11.9 Å². The van der Waals surface area contributed by atoms with Gasteiger partial charge in [-0.05, 0) is 70.6 Å². The molecule has 0 saturated carbocycles. The summed E-state index contributed by atoms with van der Waals surface area (Å²) in [4.78, 5) is 22.9. The van der Waals surface area contributed by atoms with Gasteiger partial charge >= 0.3 is 11.9 Å². The predicted octanol–water partition coefficient (Wildman–Crippen LogP) is 9.10. The lowest BCUT2D eigenvalue weighted by atomic mass is 10.0. The van der Waals surface area contributed by atoms with Crippen LogP contribution >= 0.6 is 0 Å². The molecule has 1 atom stereocenters. The van der Waals surface area contributed by atoms with Crippen LogP contribution in [0.3, 0.4) is 0 Å². The molecule has 0 aliphatic rings. The summed E-state index contributed by atoms with van der Waals surface area (Å²) < 4.78 is 5.77. The van der Waals surface area contributed by atoms with Crippen LogP contribution in [0.25, 0.3) is 0 Å². The van der Waals surface area contributed by atoms with Crippen LogP contribution in [0.15, 0.2) is 36.5 Å². The highest BCUT2D eigenvalue weighted by atomic mass is 16.5. The average molecular weight is 477 g/mol. The number of hydrogen-bond acceptors (Lipinski definition) is 3. The molecule has 0 aromatic carbocycles. The fourth-order valence-electron chi connectivity index (χ4n) is 3.84. The van der Waals surface area contributed by atoms with Gasteiger partial charge in [-0.1, -0.05) is 88.8 Å². The molecule has 1 N–H and O–H groups in total. The van der Waals surface area contributed by atoms with Crippen LogP contribution < -0.4 is 0 Å². The van der Waals surface area contributed by atoms with Crippen LogP contribution in [-0.4, -0.2) is 23.1 Å². The minimum absolute atomic E-state index is 0.00156. The van der Waals surface area contributed by atoms with Crippen LogP contribution in [0.2, 0.25) is 0 Å². The summed E-state index contributed by atoms with van der Waals surface area (Å²) in [7, 11) is 0. The molecule has 0 spiro atoms. The number of hydrogen-bond donors (Lipinski definition) is 1. The zero-order chi connectivity index (χ0) is 25.1. The van der Waals surface area contributed by atoms with E-state index in [0.717, 1.165) is 83.5 Å². The number of ether oxygens (including phenoxy) is 1. The molecule has 196 valence electrons. The Morgan fingerprint density at radius 2 is 1.24 bits per heavy atom. The van der Waals surface area contributed by atoms with Gasteiger partial charge in [0.25, 0.3) is 0 Å². The Morgan fingerprint density at radius 1 is 0.676 bits per heavy atom. The zero-order valence-corrected chi connectivity index (χ0v) is 22.1. The minimum Gasteiger partial charge on any atom is -0.481 e. The van der Waals surface area contributed by atoms with E-state index < -0.39 is 5.97 Å². The molecule has 4 heteroatoms. The molecule has 0 aromatic heterocycles. The Balaban J connectivity index is 3.81. The van der Waals surface area contributed by atoms with E-state index in [4.69, 9.17) is 9.84 Å². The summed E-state index contributed by atoms with van der Waals surface area (Å²) in [5.41, 5.74) is 0. The Bertz CT molecular complexity index is 562. The van der Waals surface area contributed by atoms with E-state index in [2.05, 4.69) is 50.3 Å². The standard InChI is InChI=1S/C30H52O4/c1-3-5-7-8-9-10-11-12-13-14-15-16-17-18-23-27-30(33)34-28(24-20-6-4-2)25-21-19-22-26-29(31)32/h5,7,9-10,12-13,28H,3-4,6,8,11,14-27H2,1-2H3,(H,31,32)/b7-5-,10-9-,13-12-. The molecule has 34 heavy (non-hydrogen) atoms. The molecular formula is C30H52O4. The SMILES string of the molecule is CC/C=C\C/C=C\C/C=C\CCCCCCCC(=O)OC(CCCCC)CCCCCC(=O)O. The van der Waals surface area contributed by atoms with Gasteiger partial charge in [0.2, 0.25) is 0 Å². The Morgan fingerprint density at radius 3 is 1.91 bits per heavy atom. The second-order valence-corrected chi connectivity index (χ2v) is 9.20. The molecule has 0 rings (SSSR count). The first kappa shape index (κ1) is 32.2. The Hall–Kier alpha value is -1.84. The lowest BCUT2D eigenvalue weighted by Gasteiger charge is -2.18. The number of esters is 1. The molecular weight excluding hydrogens is 424 g/mol. The van der Waals surface area contributed by atoms with E-state index in [9.17, 15) is 9.59 Å². The predicted molar refractivity (Wildman–Crippen MR) is 144 cm³/mol. The highest BCUT2D eigenvalue weighted by molar-refractivity contribution is 5.69. The molecule has 0 saturated heterocycles. The molecule has 0 aromatic rings. The number of unbranched alkanes of at least 4 members (excludes halogenated alkanes) is 9. The van der Waals surface area contributed by atoms with Crippen LogP contribution in [0.1, 0.15) is 136 Å². The number of aliphatic carboxylic acids is 1. The van der Waals surface area contributed by atoms with E-state index in [1.165, 1.54) is 19.3 Å². The summed E-state index contributed by atoms with van der Waals surface area (Å²) in [6, 6.07) is 0. The lowest BCUT2D eigenvalue weighted by molar-refractivity contribution is -0.150. The molecule has 0 aliphatic heterocycles. The summed E-state index contributed by atoms with van der Waals surface area (Å²) >= 11 is 0. The van der Waals surface area contributed by atoms with Gasteiger partial charge in [-0.3, -0.25) is 9.59 Å². The highest BCUT2D eigenvalue weighted by Crippen LogP contribution is 2.17. The Kier molecular flexibility index (Phi) is 24.4. The molecule has 0 heterocycles. The van der Waals surface area contributed by atoms with Gasteiger partial charge in [-0.15, -0.1) is 0 Å². The van der Waals surface area contributed by atoms with Crippen molar-refractivity contribution in [3.63, 3.8) is 0 Å². The summed E-state index contributed by atoms with van der Waals surface area (Å²) in [5.74, 6) is -0.797. The normalized spacial score (nSPS) is 12.8. The maximum atomic E-state index is 12.3. The second-order valence-electron chi connectivity index (χ2n) is 9.20. The highest BCUT2D eigenvalue weighted by Gasteiger charge is 2.14. The van der Waals surface area contributed by atoms with Crippen molar-refractivity contribution in [3.05, 3.63) is 36.5 Å². The third-order valence-corrected chi connectivity index (χ3v) is 5.88. The van der Waals surface area contributed by atoms with E-state index >= 15 is 0 Å². The number of carbonyl (C=O) groups excluding carboxylic acids is 1. The monoisotopic (exact) mass is 476 g/mol.